The molecule has 0 spiro atoms. The molecule has 2 aromatic heterocycles. The highest BCUT2D eigenvalue weighted by Crippen LogP contribution is 2.23. The van der Waals surface area contributed by atoms with Crippen molar-refractivity contribution < 1.29 is 4.79 Å². The molecule has 25 heavy (non-hydrogen) atoms. The SMILES string of the molecule is Cc1nc2cc(C(=O)N3CCCC[C@@H]3Cn3cccn3)ccc2n1C. The average molecular weight is 337 g/mol. The third-order valence-electron chi connectivity index (χ3n) is 5.20. The lowest BCUT2D eigenvalue weighted by Gasteiger charge is -2.35. The van der Waals surface area contributed by atoms with Crippen LogP contribution in [0.2, 0.25) is 0 Å². The summed E-state index contributed by atoms with van der Waals surface area (Å²) >= 11 is 0. The van der Waals surface area contributed by atoms with Crippen molar-refractivity contribution in [2.45, 2.75) is 38.8 Å². The van der Waals surface area contributed by atoms with Gasteiger partial charge in [0.25, 0.3) is 5.91 Å². The molecule has 3 heterocycles. The summed E-state index contributed by atoms with van der Waals surface area (Å²) < 4.78 is 3.96. The second kappa shape index (κ2) is 6.35. The maximum atomic E-state index is 13.1. The van der Waals surface area contributed by atoms with E-state index in [-0.39, 0.29) is 11.9 Å². The Morgan fingerprint density at radius 2 is 2.20 bits per heavy atom. The number of aryl methyl sites for hydroxylation is 2. The van der Waals surface area contributed by atoms with Gasteiger partial charge in [-0.15, -0.1) is 0 Å². The van der Waals surface area contributed by atoms with E-state index < -0.39 is 0 Å². The third-order valence-corrected chi connectivity index (χ3v) is 5.20. The summed E-state index contributed by atoms with van der Waals surface area (Å²) in [5.41, 5.74) is 2.66. The minimum absolute atomic E-state index is 0.0991. The minimum atomic E-state index is 0.0991. The number of benzene rings is 1. The zero-order valence-electron chi connectivity index (χ0n) is 14.7. The van der Waals surface area contributed by atoms with Crippen molar-refractivity contribution >= 4 is 16.9 Å². The van der Waals surface area contributed by atoms with E-state index in [4.69, 9.17) is 0 Å². The van der Waals surface area contributed by atoms with Gasteiger partial charge in [-0.05, 0) is 50.5 Å². The molecular formula is C19H23N5O. The molecule has 1 fully saturated rings. The fraction of sp³-hybridized carbons (Fsp3) is 0.421. The fourth-order valence-electron chi connectivity index (χ4n) is 3.70. The highest BCUT2D eigenvalue weighted by Gasteiger charge is 2.28. The van der Waals surface area contributed by atoms with Gasteiger partial charge in [0.1, 0.15) is 5.82 Å². The Morgan fingerprint density at radius 3 is 3.00 bits per heavy atom. The molecule has 0 radical (unpaired) electrons. The Labute approximate surface area is 147 Å². The van der Waals surface area contributed by atoms with E-state index in [0.717, 1.165) is 54.8 Å². The van der Waals surface area contributed by atoms with Crippen LogP contribution in [0.1, 0.15) is 35.4 Å². The number of hydrogen-bond donors (Lipinski definition) is 0. The molecule has 1 aromatic carbocycles. The number of fused-ring (bicyclic) bond motifs is 1. The normalized spacial score (nSPS) is 18.0. The van der Waals surface area contributed by atoms with Crippen molar-refractivity contribution in [2.24, 2.45) is 7.05 Å². The lowest BCUT2D eigenvalue weighted by atomic mass is 10.0. The average Bonchev–Trinajstić information content (AvgIpc) is 3.23. The van der Waals surface area contributed by atoms with Crippen LogP contribution in [0.4, 0.5) is 0 Å². The quantitative estimate of drug-likeness (QED) is 0.738. The van der Waals surface area contributed by atoms with E-state index in [9.17, 15) is 4.79 Å². The number of nitrogens with zero attached hydrogens (tertiary/aromatic N) is 5. The molecule has 0 unspecified atom stereocenters. The van der Waals surface area contributed by atoms with E-state index >= 15 is 0 Å². The van der Waals surface area contributed by atoms with Gasteiger partial charge in [0, 0.05) is 31.5 Å². The Hall–Kier alpha value is -2.63. The van der Waals surface area contributed by atoms with Gasteiger partial charge in [0.15, 0.2) is 0 Å². The van der Waals surface area contributed by atoms with Gasteiger partial charge in [0.2, 0.25) is 0 Å². The van der Waals surface area contributed by atoms with Gasteiger partial charge >= 0.3 is 0 Å². The number of amides is 1. The fourth-order valence-corrected chi connectivity index (χ4v) is 3.70. The molecule has 130 valence electrons. The van der Waals surface area contributed by atoms with Crippen LogP contribution in [0.15, 0.2) is 36.7 Å². The number of likely N-dealkylation sites (tertiary alicyclic amines) is 1. The van der Waals surface area contributed by atoms with E-state index in [0.29, 0.717) is 0 Å². The lowest BCUT2D eigenvalue weighted by Crippen LogP contribution is -2.45. The van der Waals surface area contributed by atoms with Gasteiger partial charge in [-0.1, -0.05) is 0 Å². The number of imidazole rings is 1. The first-order valence-electron chi connectivity index (χ1n) is 8.85. The number of rotatable bonds is 3. The first kappa shape index (κ1) is 15.9. The standard InChI is InChI=1S/C19H23N5O/c1-14-21-17-12-15(7-8-18(17)22(14)2)19(25)24-11-4-3-6-16(24)13-23-10-5-9-20-23/h5,7-10,12,16H,3-4,6,11,13H2,1-2H3/t16-/m1/s1. The summed E-state index contributed by atoms with van der Waals surface area (Å²) in [6.07, 6.45) is 6.99. The molecule has 1 amide bonds. The maximum absolute atomic E-state index is 13.1. The molecule has 4 rings (SSSR count). The highest BCUT2D eigenvalue weighted by molar-refractivity contribution is 5.97. The van der Waals surface area contributed by atoms with Crippen molar-refractivity contribution in [3.8, 4) is 0 Å². The van der Waals surface area contributed by atoms with Gasteiger partial charge in [0.05, 0.1) is 23.6 Å². The lowest BCUT2D eigenvalue weighted by molar-refractivity contribution is 0.0584. The molecule has 0 bridgehead atoms. The number of piperidine rings is 1. The maximum Gasteiger partial charge on any atom is 0.254 e. The van der Waals surface area contributed by atoms with Gasteiger partial charge < -0.3 is 9.47 Å². The summed E-state index contributed by atoms with van der Waals surface area (Å²) in [6, 6.07) is 7.96. The Balaban J connectivity index is 1.61. The second-order valence-corrected chi connectivity index (χ2v) is 6.80. The summed E-state index contributed by atoms with van der Waals surface area (Å²) in [7, 11) is 2.00. The molecule has 6 nitrogen and oxygen atoms in total. The van der Waals surface area contributed by atoms with Crippen molar-refractivity contribution in [3.63, 3.8) is 0 Å². The number of hydrogen-bond acceptors (Lipinski definition) is 3. The number of aromatic nitrogens is 4. The first-order chi connectivity index (χ1) is 12.1. The summed E-state index contributed by atoms with van der Waals surface area (Å²) in [5, 5.41) is 4.30. The van der Waals surface area contributed by atoms with E-state index in [1.54, 1.807) is 6.20 Å². The van der Waals surface area contributed by atoms with Gasteiger partial charge in [-0.2, -0.15) is 5.10 Å². The second-order valence-electron chi connectivity index (χ2n) is 6.80. The molecule has 1 saturated heterocycles. The van der Waals surface area contributed by atoms with Crippen LogP contribution in [0.3, 0.4) is 0 Å². The molecule has 6 heteroatoms. The molecule has 1 aliphatic heterocycles. The summed E-state index contributed by atoms with van der Waals surface area (Å²) in [5.74, 6) is 1.05. The molecule has 1 atom stereocenters. The Morgan fingerprint density at radius 1 is 1.32 bits per heavy atom. The first-order valence-corrected chi connectivity index (χ1v) is 8.85. The number of carbonyl (C=O) groups excluding carboxylic acids is 1. The van der Waals surface area contributed by atoms with Crippen LogP contribution in [0, 0.1) is 6.92 Å². The zero-order valence-corrected chi connectivity index (χ0v) is 14.7. The molecule has 1 aliphatic rings. The van der Waals surface area contributed by atoms with Crippen molar-refractivity contribution in [3.05, 3.63) is 48.0 Å². The van der Waals surface area contributed by atoms with Crippen molar-refractivity contribution in [1.29, 1.82) is 0 Å². The molecule has 0 N–H and O–H groups in total. The topological polar surface area (TPSA) is 56.0 Å². The Bertz CT molecular complexity index is 896. The zero-order chi connectivity index (χ0) is 17.4. The largest absolute Gasteiger partial charge is 0.334 e. The predicted octanol–water partition coefficient (Wildman–Crippen LogP) is 2.77. The van der Waals surface area contributed by atoms with E-state index in [1.807, 2.05) is 58.6 Å². The van der Waals surface area contributed by atoms with Crippen LogP contribution in [-0.2, 0) is 13.6 Å². The van der Waals surface area contributed by atoms with Crippen LogP contribution >= 0.6 is 0 Å². The van der Waals surface area contributed by atoms with Crippen LogP contribution in [-0.4, -0.2) is 42.7 Å². The minimum Gasteiger partial charge on any atom is -0.334 e. The summed E-state index contributed by atoms with van der Waals surface area (Å²) in [4.78, 5) is 19.7. The van der Waals surface area contributed by atoms with Crippen LogP contribution in [0.25, 0.3) is 11.0 Å². The summed E-state index contributed by atoms with van der Waals surface area (Å²) in [6.45, 7) is 3.54. The predicted molar refractivity (Wildman–Crippen MR) is 96.4 cm³/mol. The molecule has 3 aromatic rings. The highest BCUT2D eigenvalue weighted by atomic mass is 16.2. The van der Waals surface area contributed by atoms with E-state index in [2.05, 4.69) is 10.1 Å². The van der Waals surface area contributed by atoms with Crippen molar-refractivity contribution in [1.82, 2.24) is 24.2 Å². The number of carbonyl (C=O) groups is 1. The molecular weight excluding hydrogens is 314 g/mol. The molecule has 0 aliphatic carbocycles. The van der Waals surface area contributed by atoms with E-state index in [1.165, 1.54) is 0 Å². The molecule has 0 saturated carbocycles. The van der Waals surface area contributed by atoms with Crippen LogP contribution in [0.5, 0.6) is 0 Å². The monoisotopic (exact) mass is 337 g/mol. The van der Waals surface area contributed by atoms with Crippen molar-refractivity contribution in [2.75, 3.05) is 6.54 Å². The smallest absolute Gasteiger partial charge is 0.254 e. The Kier molecular flexibility index (Phi) is 4.03. The van der Waals surface area contributed by atoms with Gasteiger partial charge in [-0.3, -0.25) is 9.48 Å². The van der Waals surface area contributed by atoms with Gasteiger partial charge in [-0.25, -0.2) is 4.98 Å². The third kappa shape index (κ3) is 2.92. The van der Waals surface area contributed by atoms with Crippen LogP contribution < -0.4 is 0 Å².